The molecule has 132 valence electrons. The zero-order valence-corrected chi connectivity index (χ0v) is 14.7. The molecule has 5 heteroatoms. The molecule has 0 spiro atoms. The van der Waals surface area contributed by atoms with Crippen LogP contribution < -0.4 is 5.56 Å². The van der Waals surface area contributed by atoms with E-state index in [1.54, 1.807) is 0 Å². The summed E-state index contributed by atoms with van der Waals surface area (Å²) in [4.78, 5) is 23.7. The lowest BCUT2D eigenvalue weighted by Gasteiger charge is -2.11. The molecule has 0 saturated carbocycles. The van der Waals surface area contributed by atoms with E-state index in [0.29, 0.717) is 12.2 Å². The topological polar surface area (TPSA) is 72.2 Å². The minimum Gasteiger partial charge on any atom is -0.477 e. The fourth-order valence-corrected chi connectivity index (χ4v) is 2.77. The number of nitrogens with zero attached hydrogens (tertiary/aromatic N) is 2. The summed E-state index contributed by atoms with van der Waals surface area (Å²) in [5.74, 6) is -1.06. The quantitative estimate of drug-likeness (QED) is 0.758. The summed E-state index contributed by atoms with van der Waals surface area (Å²) in [6, 6.07) is 19.0. The number of carbonyl (C=O) groups is 1. The molecule has 0 bridgehead atoms. The first-order valence-electron chi connectivity index (χ1n) is 8.47. The van der Waals surface area contributed by atoms with Gasteiger partial charge in [0.2, 0.25) is 0 Å². The molecular formula is C21H20N2O3. The Morgan fingerprint density at radius 2 is 1.58 bits per heavy atom. The van der Waals surface area contributed by atoms with Crippen molar-refractivity contribution in [2.45, 2.75) is 20.4 Å². The van der Waals surface area contributed by atoms with Crippen molar-refractivity contribution in [2.24, 2.45) is 5.92 Å². The normalized spacial score (nSPS) is 10.9. The van der Waals surface area contributed by atoms with Crippen molar-refractivity contribution >= 4 is 5.97 Å². The molecule has 0 aliphatic carbocycles. The van der Waals surface area contributed by atoms with E-state index in [-0.39, 0.29) is 11.5 Å². The second-order valence-corrected chi connectivity index (χ2v) is 6.57. The zero-order valence-electron chi connectivity index (χ0n) is 14.7. The summed E-state index contributed by atoms with van der Waals surface area (Å²) in [6.07, 6.45) is 0. The third-order valence-electron chi connectivity index (χ3n) is 4.03. The Balaban J connectivity index is 2.04. The van der Waals surface area contributed by atoms with Crippen LogP contribution in [0, 0.1) is 5.92 Å². The summed E-state index contributed by atoms with van der Waals surface area (Å²) < 4.78 is 1.24. The number of hydrogen-bond acceptors (Lipinski definition) is 3. The third-order valence-corrected chi connectivity index (χ3v) is 4.03. The molecule has 0 fully saturated rings. The number of aromatic carboxylic acids is 1. The Hall–Kier alpha value is -3.21. The first-order chi connectivity index (χ1) is 12.5. The second-order valence-electron chi connectivity index (χ2n) is 6.57. The van der Waals surface area contributed by atoms with Gasteiger partial charge in [0.1, 0.15) is 5.56 Å². The summed E-state index contributed by atoms with van der Waals surface area (Å²) in [5, 5.41) is 13.7. The molecule has 2 aromatic carbocycles. The van der Waals surface area contributed by atoms with Gasteiger partial charge in [0.05, 0.1) is 5.69 Å². The predicted octanol–water partition coefficient (Wildman–Crippen LogP) is 3.93. The van der Waals surface area contributed by atoms with Gasteiger partial charge >= 0.3 is 5.97 Å². The fraction of sp³-hybridized carbons (Fsp3) is 0.190. The van der Waals surface area contributed by atoms with Crippen molar-refractivity contribution in [2.75, 3.05) is 0 Å². The molecule has 0 saturated heterocycles. The molecule has 0 amide bonds. The van der Waals surface area contributed by atoms with Gasteiger partial charge in [-0.3, -0.25) is 4.79 Å². The Bertz CT molecular complexity index is 974. The lowest BCUT2D eigenvalue weighted by atomic mass is 10.0. The van der Waals surface area contributed by atoms with Crippen molar-refractivity contribution in [1.29, 1.82) is 0 Å². The van der Waals surface area contributed by atoms with E-state index in [1.807, 2.05) is 68.4 Å². The van der Waals surface area contributed by atoms with E-state index in [0.717, 1.165) is 16.7 Å². The van der Waals surface area contributed by atoms with E-state index >= 15 is 0 Å². The highest BCUT2D eigenvalue weighted by atomic mass is 16.4. The average molecular weight is 348 g/mol. The van der Waals surface area contributed by atoms with Gasteiger partial charge in [-0.1, -0.05) is 68.4 Å². The predicted molar refractivity (Wildman–Crippen MR) is 101 cm³/mol. The van der Waals surface area contributed by atoms with Crippen molar-refractivity contribution in [3.63, 3.8) is 0 Å². The van der Waals surface area contributed by atoms with Gasteiger partial charge in [-0.05, 0) is 23.1 Å². The van der Waals surface area contributed by atoms with Gasteiger partial charge in [-0.15, -0.1) is 0 Å². The van der Waals surface area contributed by atoms with Crippen LogP contribution in [0.25, 0.3) is 22.4 Å². The van der Waals surface area contributed by atoms with Crippen LogP contribution in [-0.2, 0) is 6.54 Å². The summed E-state index contributed by atoms with van der Waals surface area (Å²) in [7, 11) is 0. The molecule has 0 radical (unpaired) electrons. The Morgan fingerprint density at radius 3 is 2.15 bits per heavy atom. The fourth-order valence-electron chi connectivity index (χ4n) is 2.77. The van der Waals surface area contributed by atoms with Gasteiger partial charge in [0.25, 0.3) is 5.56 Å². The maximum Gasteiger partial charge on any atom is 0.341 e. The summed E-state index contributed by atoms with van der Waals surface area (Å²) >= 11 is 0. The van der Waals surface area contributed by atoms with Gasteiger partial charge in [-0.2, -0.15) is 5.10 Å². The highest BCUT2D eigenvalue weighted by molar-refractivity contribution is 5.88. The first-order valence-corrected chi connectivity index (χ1v) is 8.47. The number of benzene rings is 2. The maximum absolute atomic E-state index is 12.3. The standard InChI is InChI=1S/C21H20N2O3/c1-14(2)13-23-20(24)18(21(25)26)12-19(22-23)17-10-8-16(9-11-17)15-6-4-3-5-7-15/h3-12,14H,13H2,1-2H3,(H,25,26). The molecule has 0 atom stereocenters. The van der Waals surface area contributed by atoms with E-state index in [9.17, 15) is 14.7 Å². The monoisotopic (exact) mass is 348 g/mol. The van der Waals surface area contributed by atoms with Crippen LogP contribution in [0.2, 0.25) is 0 Å². The number of hydrogen-bond donors (Lipinski definition) is 1. The molecule has 26 heavy (non-hydrogen) atoms. The van der Waals surface area contributed by atoms with Crippen molar-refractivity contribution in [3.05, 3.63) is 76.6 Å². The average Bonchev–Trinajstić information content (AvgIpc) is 2.63. The molecule has 0 aliphatic heterocycles. The SMILES string of the molecule is CC(C)Cn1nc(-c2ccc(-c3ccccc3)cc2)cc(C(=O)O)c1=O. The number of rotatable bonds is 5. The largest absolute Gasteiger partial charge is 0.477 e. The second kappa shape index (κ2) is 7.35. The highest BCUT2D eigenvalue weighted by Gasteiger charge is 2.16. The summed E-state index contributed by atoms with van der Waals surface area (Å²) in [5.41, 5.74) is 2.57. The van der Waals surface area contributed by atoms with Crippen LogP contribution in [0.5, 0.6) is 0 Å². The molecule has 0 unspecified atom stereocenters. The van der Waals surface area contributed by atoms with E-state index in [1.165, 1.54) is 10.7 Å². The van der Waals surface area contributed by atoms with Crippen LogP contribution in [-0.4, -0.2) is 20.9 Å². The third kappa shape index (κ3) is 3.72. The molecular weight excluding hydrogens is 328 g/mol. The van der Waals surface area contributed by atoms with Gasteiger partial charge in [0, 0.05) is 12.1 Å². The van der Waals surface area contributed by atoms with Gasteiger partial charge in [-0.25, -0.2) is 9.48 Å². The van der Waals surface area contributed by atoms with Gasteiger partial charge < -0.3 is 5.11 Å². The smallest absolute Gasteiger partial charge is 0.341 e. The van der Waals surface area contributed by atoms with E-state index in [4.69, 9.17) is 0 Å². The van der Waals surface area contributed by atoms with Gasteiger partial charge in [0.15, 0.2) is 0 Å². The van der Waals surface area contributed by atoms with Crippen LogP contribution >= 0.6 is 0 Å². The van der Waals surface area contributed by atoms with Crippen LogP contribution in [0.3, 0.4) is 0 Å². The number of carboxylic acid groups (broad SMARTS) is 1. The molecule has 1 N–H and O–H groups in total. The molecule has 5 nitrogen and oxygen atoms in total. The van der Waals surface area contributed by atoms with Crippen molar-refractivity contribution < 1.29 is 9.90 Å². The van der Waals surface area contributed by atoms with Crippen LogP contribution in [0.1, 0.15) is 24.2 Å². The maximum atomic E-state index is 12.3. The molecule has 0 aliphatic rings. The highest BCUT2D eigenvalue weighted by Crippen LogP contribution is 2.23. The lowest BCUT2D eigenvalue weighted by molar-refractivity contribution is 0.0693. The van der Waals surface area contributed by atoms with Crippen LogP contribution in [0.4, 0.5) is 0 Å². The minimum absolute atomic E-state index is 0.178. The number of aromatic nitrogens is 2. The molecule has 3 rings (SSSR count). The lowest BCUT2D eigenvalue weighted by Crippen LogP contribution is -2.30. The molecule has 3 aromatic rings. The van der Waals surface area contributed by atoms with E-state index < -0.39 is 11.5 Å². The van der Waals surface area contributed by atoms with Crippen molar-refractivity contribution in [3.8, 4) is 22.4 Å². The number of carboxylic acids is 1. The Labute approximate surface area is 151 Å². The van der Waals surface area contributed by atoms with Crippen molar-refractivity contribution in [1.82, 2.24) is 9.78 Å². The first kappa shape index (κ1) is 17.6. The molecule has 1 heterocycles. The summed E-state index contributed by atoms with van der Waals surface area (Å²) in [6.45, 7) is 4.28. The Morgan fingerprint density at radius 1 is 1.00 bits per heavy atom. The molecule has 1 aromatic heterocycles. The Kier molecular flexibility index (Phi) is 4.98. The van der Waals surface area contributed by atoms with E-state index in [2.05, 4.69) is 5.10 Å². The van der Waals surface area contributed by atoms with Crippen LogP contribution in [0.15, 0.2) is 65.5 Å². The minimum atomic E-state index is -1.24. The zero-order chi connectivity index (χ0) is 18.7.